The van der Waals surface area contributed by atoms with Gasteiger partial charge in [0.1, 0.15) is 0 Å². The van der Waals surface area contributed by atoms with Crippen molar-refractivity contribution in [1.29, 1.82) is 0 Å². The zero-order chi connectivity index (χ0) is 16.4. The summed E-state index contributed by atoms with van der Waals surface area (Å²) in [4.78, 5) is 16.3. The molecule has 0 saturated carbocycles. The van der Waals surface area contributed by atoms with E-state index >= 15 is 0 Å². The molecule has 0 spiro atoms. The van der Waals surface area contributed by atoms with Crippen LogP contribution in [0.2, 0.25) is 0 Å². The Balaban J connectivity index is 1.88. The van der Waals surface area contributed by atoms with Gasteiger partial charge >= 0.3 is 0 Å². The number of rotatable bonds is 3. The van der Waals surface area contributed by atoms with Crippen molar-refractivity contribution in [1.82, 2.24) is 4.98 Å². The third-order valence-electron chi connectivity index (χ3n) is 4.18. The fraction of sp³-hybridized carbons (Fsp3) is 0. The first-order valence-corrected chi connectivity index (χ1v) is 7.86. The van der Waals surface area contributed by atoms with Crippen LogP contribution in [0.25, 0.3) is 27.6 Å². The summed E-state index contributed by atoms with van der Waals surface area (Å²) in [6.45, 7) is 0. The lowest BCUT2D eigenvalue weighted by Gasteiger charge is -2.08. The van der Waals surface area contributed by atoms with Gasteiger partial charge in [-0.2, -0.15) is 0 Å². The number of hydrogen-bond donors (Lipinski definition) is 0. The Bertz CT molecular complexity index is 1010. The molecular formula is C22H15NO. The van der Waals surface area contributed by atoms with E-state index in [1.165, 1.54) is 10.8 Å². The largest absolute Gasteiger partial charge is 0.289 e. The number of fused-ring (bicyclic) bond motifs is 2. The third kappa shape index (κ3) is 2.59. The highest BCUT2D eigenvalue weighted by atomic mass is 16.1. The van der Waals surface area contributed by atoms with Gasteiger partial charge < -0.3 is 0 Å². The smallest absolute Gasteiger partial charge is 0.185 e. The van der Waals surface area contributed by atoms with Gasteiger partial charge in [-0.1, -0.05) is 48.5 Å². The highest BCUT2D eigenvalue weighted by molar-refractivity contribution is 6.11. The predicted molar refractivity (Wildman–Crippen MR) is 99.1 cm³/mol. The number of nitrogens with zero attached hydrogens (tertiary/aromatic N) is 1. The van der Waals surface area contributed by atoms with Crippen LogP contribution >= 0.6 is 0 Å². The van der Waals surface area contributed by atoms with Gasteiger partial charge in [-0.25, -0.2) is 0 Å². The Morgan fingerprint density at radius 3 is 2.00 bits per heavy atom. The Hall–Kier alpha value is -3.26. The molecule has 0 radical (unpaired) electrons. The van der Waals surface area contributed by atoms with Gasteiger partial charge in [-0.3, -0.25) is 9.78 Å². The minimum atomic E-state index is -0.0191. The molecular weight excluding hydrogens is 294 g/mol. The maximum Gasteiger partial charge on any atom is 0.185 e. The summed E-state index contributed by atoms with van der Waals surface area (Å²) in [5, 5.41) is 4.64. The fourth-order valence-corrected chi connectivity index (χ4v) is 3.00. The van der Waals surface area contributed by atoms with Gasteiger partial charge in [0.2, 0.25) is 0 Å². The minimum absolute atomic E-state index is 0.0191. The molecule has 114 valence electrons. The van der Waals surface area contributed by atoms with Crippen LogP contribution in [0.5, 0.6) is 0 Å². The zero-order valence-corrected chi connectivity index (χ0v) is 13.0. The fourth-order valence-electron chi connectivity index (χ4n) is 3.00. The van der Waals surface area contributed by atoms with Gasteiger partial charge in [-0.15, -0.1) is 0 Å². The van der Waals surface area contributed by atoms with Gasteiger partial charge in [-0.05, 0) is 57.5 Å². The van der Waals surface area contributed by atoms with E-state index in [9.17, 15) is 4.79 Å². The summed E-state index contributed by atoms with van der Waals surface area (Å²) in [5.41, 5.74) is 1.72. The third-order valence-corrected chi connectivity index (χ3v) is 4.18. The summed E-state index contributed by atoms with van der Waals surface area (Å²) >= 11 is 0. The lowest BCUT2D eigenvalue weighted by molar-refractivity contribution is 0.104. The Labute approximate surface area is 140 Å². The molecule has 0 aliphatic carbocycles. The summed E-state index contributed by atoms with van der Waals surface area (Å²) in [7, 11) is 0. The van der Waals surface area contributed by atoms with Crippen molar-refractivity contribution in [3.05, 3.63) is 96.3 Å². The summed E-state index contributed by atoms with van der Waals surface area (Å²) in [6.07, 6.45) is 6.83. The van der Waals surface area contributed by atoms with Gasteiger partial charge in [0.15, 0.2) is 5.78 Å². The maximum absolute atomic E-state index is 12.4. The van der Waals surface area contributed by atoms with E-state index in [1.54, 1.807) is 30.6 Å². The molecule has 0 atom stereocenters. The molecule has 2 heteroatoms. The van der Waals surface area contributed by atoms with E-state index in [0.717, 1.165) is 16.3 Å². The number of carbonyl (C=O) groups is 1. The summed E-state index contributed by atoms with van der Waals surface area (Å²) < 4.78 is 0. The van der Waals surface area contributed by atoms with Crippen molar-refractivity contribution in [3.63, 3.8) is 0 Å². The van der Waals surface area contributed by atoms with Gasteiger partial charge in [0, 0.05) is 18.0 Å². The average Bonchev–Trinajstić information content (AvgIpc) is 2.65. The number of hydrogen-bond acceptors (Lipinski definition) is 2. The van der Waals surface area contributed by atoms with Crippen molar-refractivity contribution in [2.24, 2.45) is 0 Å². The number of benzene rings is 3. The molecule has 1 aromatic heterocycles. The lowest BCUT2D eigenvalue weighted by Crippen LogP contribution is -1.94. The lowest BCUT2D eigenvalue weighted by atomic mass is 9.96. The van der Waals surface area contributed by atoms with Crippen LogP contribution in [0, 0.1) is 0 Å². The van der Waals surface area contributed by atoms with Crippen LogP contribution < -0.4 is 0 Å². The van der Waals surface area contributed by atoms with Crippen LogP contribution in [-0.4, -0.2) is 10.8 Å². The number of aromatic nitrogens is 1. The molecule has 3 aromatic carbocycles. The second-order valence-electron chi connectivity index (χ2n) is 5.67. The molecule has 24 heavy (non-hydrogen) atoms. The van der Waals surface area contributed by atoms with Gasteiger partial charge in [0.05, 0.1) is 0 Å². The molecule has 4 rings (SSSR count). The first-order valence-electron chi connectivity index (χ1n) is 7.86. The first kappa shape index (κ1) is 14.3. The van der Waals surface area contributed by atoms with Gasteiger partial charge in [0.25, 0.3) is 0 Å². The van der Waals surface area contributed by atoms with Crippen molar-refractivity contribution < 1.29 is 4.79 Å². The van der Waals surface area contributed by atoms with E-state index in [4.69, 9.17) is 0 Å². The summed E-state index contributed by atoms with van der Waals surface area (Å²) in [6, 6.07) is 22.2. The van der Waals surface area contributed by atoms with E-state index in [0.29, 0.717) is 5.56 Å². The molecule has 2 nitrogen and oxygen atoms in total. The molecule has 0 unspecified atom stereocenters. The van der Waals surface area contributed by atoms with E-state index in [-0.39, 0.29) is 5.78 Å². The highest BCUT2D eigenvalue weighted by Gasteiger charge is 2.06. The van der Waals surface area contributed by atoms with Crippen LogP contribution in [0.1, 0.15) is 15.9 Å². The maximum atomic E-state index is 12.4. The standard InChI is InChI=1S/C22H15NO/c24-22(16-11-13-23-14-12-16)10-9-21-19-7-3-1-5-17(19)15-18-6-2-4-8-20(18)21/h1-15H. The molecule has 0 aliphatic rings. The Kier molecular flexibility index (Phi) is 3.64. The van der Waals surface area contributed by atoms with Crippen LogP contribution in [-0.2, 0) is 0 Å². The molecule has 4 aromatic rings. The molecule has 0 aliphatic heterocycles. The number of ketones is 1. The quantitative estimate of drug-likeness (QED) is 0.292. The monoisotopic (exact) mass is 309 g/mol. The second kappa shape index (κ2) is 6.09. The number of allylic oxidation sites excluding steroid dienone is 1. The minimum Gasteiger partial charge on any atom is -0.289 e. The molecule has 0 fully saturated rings. The first-order chi connectivity index (χ1) is 11.8. The Morgan fingerprint density at radius 2 is 1.38 bits per heavy atom. The Morgan fingerprint density at radius 1 is 0.792 bits per heavy atom. The van der Waals surface area contributed by atoms with E-state index in [2.05, 4.69) is 35.3 Å². The van der Waals surface area contributed by atoms with Crippen LogP contribution in [0.4, 0.5) is 0 Å². The predicted octanol–water partition coefficient (Wildman–Crippen LogP) is 5.28. The molecule has 0 N–H and O–H groups in total. The molecule has 0 bridgehead atoms. The normalized spacial score (nSPS) is 11.3. The molecule has 0 saturated heterocycles. The number of carbonyl (C=O) groups excluding carboxylic acids is 1. The van der Waals surface area contributed by atoms with Crippen molar-refractivity contribution in [2.45, 2.75) is 0 Å². The van der Waals surface area contributed by atoms with Crippen molar-refractivity contribution in [3.8, 4) is 0 Å². The van der Waals surface area contributed by atoms with E-state index < -0.39 is 0 Å². The van der Waals surface area contributed by atoms with Crippen LogP contribution in [0.15, 0.2) is 85.2 Å². The average molecular weight is 309 g/mol. The molecule has 0 amide bonds. The molecule has 1 heterocycles. The summed E-state index contributed by atoms with van der Waals surface area (Å²) in [5.74, 6) is -0.0191. The van der Waals surface area contributed by atoms with Crippen molar-refractivity contribution in [2.75, 3.05) is 0 Å². The van der Waals surface area contributed by atoms with Crippen molar-refractivity contribution >= 4 is 33.4 Å². The second-order valence-corrected chi connectivity index (χ2v) is 5.67. The topological polar surface area (TPSA) is 30.0 Å². The number of pyridine rings is 1. The van der Waals surface area contributed by atoms with Crippen LogP contribution in [0.3, 0.4) is 0 Å². The SMILES string of the molecule is O=C(C=Cc1c2ccccc2cc2ccccc12)c1ccncc1. The highest BCUT2D eigenvalue weighted by Crippen LogP contribution is 2.29. The van der Waals surface area contributed by atoms with E-state index in [1.807, 2.05) is 30.3 Å². The zero-order valence-electron chi connectivity index (χ0n) is 13.0.